The zero-order valence-corrected chi connectivity index (χ0v) is 12.3. The Labute approximate surface area is 121 Å². The van der Waals surface area contributed by atoms with Gasteiger partial charge in [-0.3, -0.25) is 4.98 Å². The lowest BCUT2D eigenvalue weighted by molar-refractivity contribution is 0.197. The number of fused-ring (bicyclic) bond motifs is 1. The lowest BCUT2D eigenvalue weighted by Gasteiger charge is -2.34. The number of aromatic nitrogens is 1. The van der Waals surface area contributed by atoms with Gasteiger partial charge in [0.15, 0.2) is 0 Å². The van der Waals surface area contributed by atoms with Crippen LogP contribution in [0, 0.1) is 5.92 Å². The lowest BCUT2D eigenvalue weighted by Crippen LogP contribution is -2.39. The summed E-state index contributed by atoms with van der Waals surface area (Å²) < 4.78 is 0. The number of hydrogen-bond acceptors (Lipinski definition) is 3. The van der Waals surface area contributed by atoms with Gasteiger partial charge in [0, 0.05) is 24.2 Å². The fourth-order valence-corrected chi connectivity index (χ4v) is 3.20. The molecule has 1 N–H and O–H groups in total. The molecule has 0 radical (unpaired) electrons. The Bertz CT molecular complexity index is 576. The molecular weight excluding hydrogens is 246 g/mol. The van der Waals surface area contributed by atoms with E-state index < -0.39 is 0 Å². The van der Waals surface area contributed by atoms with Crippen LogP contribution in [0.1, 0.15) is 19.8 Å². The zero-order chi connectivity index (χ0) is 13.9. The third kappa shape index (κ3) is 2.78. The van der Waals surface area contributed by atoms with Gasteiger partial charge in [-0.15, -0.1) is 0 Å². The second-order valence-corrected chi connectivity index (χ2v) is 5.98. The van der Waals surface area contributed by atoms with E-state index in [9.17, 15) is 0 Å². The molecule has 1 saturated heterocycles. The molecule has 106 valence electrons. The van der Waals surface area contributed by atoms with Crippen LogP contribution in [0.2, 0.25) is 0 Å². The Morgan fingerprint density at radius 3 is 3.00 bits per heavy atom. The summed E-state index contributed by atoms with van der Waals surface area (Å²) in [6.45, 7) is 4.72. The summed E-state index contributed by atoms with van der Waals surface area (Å²) in [5, 5.41) is 4.89. The van der Waals surface area contributed by atoms with Crippen molar-refractivity contribution in [3.05, 3.63) is 36.5 Å². The van der Waals surface area contributed by atoms with Gasteiger partial charge in [-0.1, -0.05) is 18.2 Å². The predicted octanol–water partition coefficient (Wildman–Crippen LogP) is 3.38. The van der Waals surface area contributed by atoms with Crippen LogP contribution in [0.4, 0.5) is 5.69 Å². The molecule has 2 aromatic rings. The number of hydrogen-bond donors (Lipinski definition) is 1. The summed E-state index contributed by atoms with van der Waals surface area (Å²) in [6.07, 6.45) is 4.49. The Balaban J connectivity index is 1.78. The van der Waals surface area contributed by atoms with Crippen LogP contribution >= 0.6 is 0 Å². The van der Waals surface area contributed by atoms with Gasteiger partial charge in [0.05, 0.1) is 11.2 Å². The molecule has 1 aromatic carbocycles. The maximum absolute atomic E-state index is 4.52. The largest absolute Gasteiger partial charge is 0.381 e. The fraction of sp³-hybridized carbons (Fsp3) is 0.471. The van der Waals surface area contributed by atoms with Gasteiger partial charge in [0.25, 0.3) is 0 Å². The molecule has 2 heterocycles. The first-order valence-corrected chi connectivity index (χ1v) is 7.53. The third-order valence-corrected chi connectivity index (χ3v) is 4.38. The van der Waals surface area contributed by atoms with Crippen LogP contribution in [0.25, 0.3) is 10.9 Å². The molecule has 0 amide bonds. The van der Waals surface area contributed by atoms with Crippen molar-refractivity contribution in [3.8, 4) is 0 Å². The first kappa shape index (κ1) is 13.4. The quantitative estimate of drug-likeness (QED) is 0.926. The van der Waals surface area contributed by atoms with E-state index in [4.69, 9.17) is 0 Å². The SMILES string of the molecule is CC(Nc1cccc2cccnc12)C1CCCN(C)C1. The van der Waals surface area contributed by atoms with Crippen LogP contribution in [-0.2, 0) is 0 Å². The van der Waals surface area contributed by atoms with Crippen molar-refractivity contribution in [1.29, 1.82) is 0 Å². The van der Waals surface area contributed by atoms with Gasteiger partial charge in [-0.05, 0) is 51.4 Å². The van der Waals surface area contributed by atoms with Crippen LogP contribution in [0.5, 0.6) is 0 Å². The molecule has 0 aliphatic carbocycles. The summed E-state index contributed by atoms with van der Waals surface area (Å²) in [5.41, 5.74) is 2.23. The minimum atomic E-state index is 0.477. The summed E-state index contributed by atoms with van der Waals surface area (Å²) in [7, 11) is 2.22. The van der Waals surface area contributed by atoms with E-state index in [1.807, 2.05) is 12.3 Å². The highest BCUT2D eigenvalue weighted by Gasteiger charge is 2.23. The number of benzene rings is 1. The van der Waals surface area contributed by atoms with E-state index in [1.54, 1.807) is 0 Å². The van der Waals surface area contributed by atoms with Crippen molar-refractivity contribution in [1.82, 2.24) is 9.88 Å². The van der Waals surface area contributed by atoms with E-state index in [0.29, 0.717) is 12.0 Å². The summed E-state index contributed by atoms with van der Waals surface area (Å²) in [4.78, 5) is 6.96. The zero-order valence-electron chi connectivity index (χ0n) is 12.3. The molecule has 3 rings (SSSR count). The van der Waals surface area contributed by atoms with Crippen molar-refractivity contribution in [2.75, 3.05) is 25.5 Å². The average Bonchev–Trinajstić information content (AvgIpc) is 2.47. The molecule has 1 aliphatic rings. The minimum absolute atomic E-state index is 0.477. The average molecular weight is 269 g/mol. The topological polar surface area (TPSA) is 28.2 Å². The number of rotatable bonds is 3. The molecule has 0 saturated carbocycles. The minimum Gasteiger partial charge on any atom is -0.381 e. The maximum Gasteiger partial charge on any atom is 0.0933 e. The summed E-state index contributed by atoms with van der Waals surface area (Å²) in [5.74, 6) is 0.715. The number of para-hydroxylation sites is 1. The van der Waals surface area contributed by atoms with Gasteiger partial charge in [0.1, 0.15) is 0 Å². The Morgan fingerprint density at radius 2 is 2.15 bits per heavy atom. The summed E-state index contributed by atoms with van der Waals surface area (Å²) in [6, 6.07) is 10.9. The van der Waals surface area contributed by atoms with E-state index in [1.165, 1.54) is 31.3 Å². The smallest absolute Gasteiger partial charge is 0.0933 e. The first-order valence-electron chi connectivity index (χ1n) is 7.53. The van der Waals surface area contributed by atoms with Crippen molar-refractivity contribution in [3.63, 3.8) is 0 Å². The molecule has 2 atom stereocenters. The fourth-order valence-electron chi connectivity index (χ4n) is 3.20. The highest BCUT2D eigenvalue weighted by atomic mass is 15.1. The highest BCUT2D eigenvalue weighted by Crippen LogP contribution is 2.25. The maximum atomic E-state index is 4.52. The second-order valence-electron chi connectivity index (χ2n) is 5.98. The monoisotopic (exact) mass is 269 g/mol. The standard InChI is InChI=1S/C17H23N3/c1-13(15-8-5-11-20(2)12-15)19-16-9-3-6-14-7-4-10-18-17(14)16/h3-4,6-7,9-10,13,15,19H,5,8,11-12H2,1-2H3. The third-order valence-electron chi connectivity index (χ3n) is 4.38. The second kappa shape index (κ2) is 5.80. The number of nitrogens with one attached hydrogen (secondary N) is 1. The van der Waals surface area contributed by atoms with Crippen molar-refractivity contribution in [2.45, 2.75) is 25.8 Å². The number of pyridine rings is 1. The molecule has 0 bridgehead atoms. The Kier molecular flexibility index (Phi) is 3.88. The Hall–Kier alpha value is -1.61. The number of anilines is 1. The molecular formula is C17H23N3. The van der Waals surface area contributed by atoms with Gasteiger partial charge < -0.3 is 10.2 Å². The molecule has 20 heavy (non-hydrogen) atoms. The van der Waals surface area contributed by atoms with Gasteiger partial charge in [0.2, 0.25) is 0 Å². The van der Waals surface area contributed by atoms with Crippen LogP contribution in [0.15, 0.2) is 36.5 Å². The predicted molar refractivity (Wildman–Crippen MR) is 85.0 cm³/mol. The molecule has 2 unspecified atom stereocenters. The Morgan fingerprint density at radius 1 is 1.30 bits per heavy atom. The molecule has 1 aliphatic heterocycles. The van der Waals surface area contributed by atoms with Crippen molar-refractivity contribution in [2.24, 2.45) is 5.92 Å². The van der Waals surface area contributed by atoms with E-state index in [-0.39, 0.29) is 0 Å². The number of piperidine rings is 1. The van der Waals surface area contributed by atoms with Crippen LogP contribution < -0.4 is 5.32 Å². The molecule has 1 fully saturated rings. The van der Waals surface area contributed by atoms with Crippen LogP contribution in [0.3, 0.4) is 0 Å². The highest BCUT2D eigenvalue weighted by molar-refractivity contribution is 5.90. The number of likely N-dealkylation sites (tertiary alicyclic amines) is 1. The van der Waals surface area contributed by atoms with Crippen molar-refractivity contribution >= 4 is 16.6 Å². The van der Waals surface area contributed by atoms with Crippen LogP contribution in [-0.4, -0.2) is 36.1 Å². The normalized spacial score (nSPS) is 21.8. The lowest BCUT2D eigenvalue weighted by atomic mass is 9.91. The summed E-state index contributed by atoms with van der Waals surface area (Å²) >= 11 is 0. The molecule has 3 heteroatoms. The van der Waals surface area contributed by atoms with Gasteiger partial charge >= 0.3 is 0 Å². The van der Waals surface area contributed by atoms with E-state index in [0.717, 1.165) is 11.2 Å². The first-order chi connectivity index (χ1) is 9.74. The van der Waals surface area contributed by atoms with E-state index in [2.05, 4.69) is 53.4 Å². The number of nitrogens with zero attached hydrogens (tertiary/aromatic N) is 2. The van der Waals surface area contributed by atoms with Gasteiger partial charge in [-0.2, -0.15) is 0 Å². The molecule has 3 nitrogen and oxygen atoms in total. The molecule has 1 aromatic heterocycles. The van der Waals surface area contributed by atoms with Gasteiger partial charge in [-0.25, -0.2) is 0 Å². The molecule has 0 spiro atoms. The van der Waals surface area contributed by atoms with E-state index >= 15 is 0 Å². The van der Waals surface area contributed by atoms with Crippen molar-refractivity contribution < 1.29 is 0 Å².